The fourth-order valence-electron chi connectivity index (χ4n) is 9.39. The molecule has 0 saturated carbocycles. The van der Waals surface area contributed by atoms with E-state index in [-0.39, 0.29) is 0 Å². The quantitative estimate of drug-likeness (QED) is 0.135. The highest BCUT2D eigenvalue weighted by Gasteiger charge is 2.32. The third kappa shape index (κ3) is 4.30. The number of nitrogens with zero attached hydrogens (tertiary/aromatic N) is 3. The highest BCUT2D eigenvalue weighted by molar-refractivity contribution is 6.24. The van der Waals surface area contributed by atoms with Crippen molar-refractivity contribution in [3.63, 3.8) is 0 Å². The fraction of sp³-hybridized carbons (Fsp3) is 0.102. The Morgan fingerprint density at radius 2 is 1.06 bits per heavy atom. The molecule has 4 heterocycles. The molecule has 12 rings (SSSR count). The number of hydrogen-bond acceptors (Lipinski definition) is 4. The zero-order chi connectivity index (χ0) is 34.6. The van der Waals surface area contributed by atoms with E-state index in [1.165, 1.54) is 60.7 Å². The third-order valence-electron chi connectivity index (χ3n) is 11.9. The van der Waals surface area contributed by atoms with Gasteiger partial charge < -0.3 is 9.32 Å². The summed E-state index contributed by atoms with van der Waals surface area (Å²) in [5.74, 6) is 0. The van der Waals surface area contributed by atoms with Crippen LogP contribution in [-0.2, 0) is 12.8 Å². The van der Waals surface area contributed by atoms with Crippen LogP contribution in [0, 0.1) is 0 Å². The summed E-state index contributed by atoms with van der Waals surface area (Å²) in [5.41, 5.74) is 16.0. The van der Waals surface area contributed by atoms with Crippen molar-refractivity contribution in [2.45, 2.75) is 31.7 Å². The number of aryl methyl sites for hydroxylation is 2. The summed E-state index contributed by atoms with van der Waals surface area (Å²) in [5, 5.41) is 7.05. The van der Waals surface area contributed by atoms with Gasteiger partial charge in [-0.2, -0.15) is 0 Å². The number of fused-ring (bicyclic) bond motifs is 15. The molecule has 2 aliphatic rings. The van der Waals surface area contributed by atoms with Crippen LogP contribution in [0.3, 0.4) is 0 Å². The smallest absolute Gasteiger partial charge is 0.143 e. The average Bonchev–Trinajstić information content (AvgIpc) is 3.61. The van der Waals surface area contributed by atoms with Crippen molar-refractivity contribution in [2.24, 2.45) is 0 Å². The molecule has 0 spiro atoms. The number of rotatable bonds is 2. The maximum absolute atomic E-state index is 6.43. The Kier molecular flexibility index (Phi) is 6.03. The van der Waals surface area contributed by atoms with E-state index in [1.54, 1.807) is 0 Å². The Labute approximate surface area is 305 Å². The van der Waals surface area contributed by atoms with Crippen molar-refractivity contribution in [1.29, 1.82) is 0 Å². The lowest BCUT2D eigenvalue weighted by Crippen LogP contribution is -2.39. The molecule has 1 atom stereocenters. The van der Waals surface area contributed by atoms with Gasteiger partial charge in [0.05, 0.1) is 22.1 Å². The lowest BCUT2D eigenvalue weighted by Gasteiger charge is -2.43. The van der Waals surface area contributed by atoms with Gasteiger partial charge in [0.25, 0.3) is 0 Å². The molecule has 8 aromatic carbocycles. The van der Waals surface area contributed by atoms with Gasteiger partial charge in [0.2, 0.25) is 0 Å². The summed E-state index contributed by atoms with van der Waals surface area (Å²) in [7, 11) is 0. The Morgan fingerprint density at radius 3 is 1.85 bits per heavy atom. The molecule has 10 aromatic rings. The van der Waals surface area contributed by atoms with Gasteiger partial charge in [-0.3, -0.25) is 0 Å². The number of para-hydroxylation sites is 4. The second-order valence-electron chi connectivity index (χ2n) is 14.8. The molecule has 0 N–H and O–H groups in total. The zero-order valence-corrected chi connectivity index (χ0v) is 29.0. The Bertz CT molecular complexity index is 3160. The summed E-state index contributed by atoms with van der Waals surface area (Å²) in [6.45, 7) is 0. The molecule has 0 fully saturated rings. The average molecular weight is 680 g/mol. The second-order valence-corrected chi connectivity index (χ2v) is 14.8. The van der Waals surface area contributed by atoms with Crippen LogP contribution in [0.4, 0.5) is 11.4 Å². The van der Waals surface area contributed by atoms with Crippen LogP contribution >= 0.6 is 0 Å². The van der Waals surface area contributed by atoms with Crippen molar-refractivity contribution in [2.75, 3.05) is 4.90 Å². The van der Waals surface area contributed by atoms with Gasteiger partial charge in [-0.25, -0.2) is 9.97 Å². The number of anilines is 2. The van der Waals surface area contributed by atoms with E-state index in [9.17, 15) is 0 Å². The lowest BCUT2D eigenvalue weighted by atomic mass is 9.85. The van der Waals surface area contributed by atoms with Gasteiger partial charge in [-0.1, -0.05) is 97.1 Å². The molecular weight excluding hydrogens is 647 g/mol. The highest BCUT2D eigenvalue weighted by atomic mass is 16.3. The van der Waals surface area contributed by atoms with Crippen LogP contribution in [0.5, 0.6) is 0 Å². The number of hydrogen-bond donors (Lipinski definition) is 0. The van der Waals surface area contributed by atoms with Crippen LogP contribution in [0.15, 0.2) is 150 Å². The number of benzene rings is 8. The van der Waals surface area contributed by atoms with Crippen molar-refractivity contribution in [1.82, 2.24) is 9.97 Å². The van der Waals surface area contributed by atoms with Gasteiger partial charge in [0.1, 0.15) is 11.2 Å². The van der Waals surface area contributed by atoms with Crippen LogP contribution in [0.2, 0.25) is 0 Å². The predicted octanol–water partition coefficient (Wildman–Crippen LogP) is 12.7. The standard InChI is InChI=1S/C49H33N3O/c1-2-10-39-36(8-1)37-23-18-30(28-41(37)48-47(39)50-42-13-4-5-14-43(42)51-48)29-19-24-44-32(26-29)16-21-34-22-17-33-27-31(20-25-45(33)52(34)44)35-11-7-12-40-38-9-3-6-15-46(38)53-49(35)40/h1-15,18-20,23-28,34H,16-17,21-22H2. The van der Waals surface area contributed by atoms with Crippen LogP contribution in [0.25, 0.3) is 87.8 Å². The topological polar surface area (TPSA) is 42.2 Å². The molecule has 0 radical (unpaired) electrons. The first kappa shape index (κ1) is 29.1. The largest absolute Gasteiger partial charge is 0.455 e. The second kappa shape index (κ2) is 11.0. The first-order chi connectivity index (χ1) is 26.2. The van der Waals surface area contributed by atoms with Gasteiger partial charge in [0.15, 0.2) is 0 Å². The van der Waals surface area contributed by atoms with Crippen molar-refractivity contribution in [3.05, 3.63) is 157 Å². The molecule has 250 valence electrons. The van der Waals surface area contributed by atoms with Gasteiger partial charge in [0, 0.05) is 44.5 Å². The summed E-state index contributed by atoms with van der Waals surface area (Å²) >= 11 is 0. The summed E-state index contributed by atoms with van der Waals surface area (Å²) in [6.07, 6.45) is 4.50. The van der Waals surface area contributed by atoms with E-state index in [1.807, 2.05) is 18.2 Å². The SMILES string of the molecule is c1ccc2nc3c4cc(-c5ccc6c(c5)CCC5CCc7cc(-c8cccc9c8oc8ccccc89)ccc7N65)ccc4c4ccccc4c3nc2c1. The van der Waals surface area contributed by atoms with Crippen molar-refractivity contribution in [3.8, 4) is 22.3 Å². The first-order valence-corrected chi connectivity index (χ1v) is 18.7. The van der Waals surface area contributed by atoms with E-state index >= 15 is 0 Å². The lowest BCUT2D eigenvalue weighted by molar-refractivity contribution is 0.518. The van der Waals surface area contributed by atoms with Crippen molar-refractivity contribution < 1.29 is 4.42 Å². The minimum Gasteiger partial charge on any atom is -0.455 e. The minimum absolute atomic E-state index is 0.513. The Balaban J connectivity index is 0.955. The normalized spacial score (nSPS) is 15.4. The molecule has 2 aromatic heterocycles. The maximum Gasteiger partial charge on any atom is 0.143 e. The molecule has 0 amide bonds. The van der Waals surface area contributed by atoms with Crippen LogP contribution in [-0.4, -0.2) is 16.0 Å². The molecule has 4 heteroatoms. The summed E-state index contributed by atoms with van der Waals surface area (Å²) in [6, 6.07) is 53.2. The molecule has 4 nitrogen and oxygen atoms in total. The third-order valence-corrected chi connectivity index (χ3v) is 11.9. The van der Waals surface area contributed by atoms with E-state index in [4.69, 9.17) is 14.4 Å². The molecular formula is C49H33N3O. The molecule has 0 aliphatic carbocycles. The molecule has 2 aliphatic heterocycles. The Morgan fingerprint density at radius 1 is 0.472 bits per heavy atom. The van der Waals surface area contributed by atoms with Crippen LogP contribution < -0.4 is 4.90 Å². The Hall–Kier alpha value is -6.52. The number of aromatic nitrogens is 2. The van der Waals surface area contributed by atoms with Gasteiger partial charge >= 0.3 is 0 Å². The monoisotopic (exact) mass is 679 g/mol. The van der Waals surface area contributed by atoms with E-state index in [0.717, 1.165) is 75.3 Å². The first-order valence-electron chi connectivity index (χ1n) is 18.7. The molecule has 0 saturated heterocycles. The van der Waals surface area contributed by atoms with Crippen LogP contribution in [0.1, 0.15) is 24.0 Å². The van der Waals surface area contributed by atoms with Gasteiger partial charge in [-0.15, -0.1) is 0 Å². The zero-order valence-electron chi connectivity index (χ0n) is 29.0. The molecule has 0 bridgehead atoms. The van der Waals surface area contributed by atoms with E-state index in [2.05, 4.69) is 132 Å². The fourth-order valence-corrected chi connectivity index (χ4v) is 9.39. The van der Waals surface area contributed by atoms with Gasteiger partial charge in [-0.05, 0) is 113 Å². The molecule has 53 heavy (non-hydrogen) atoms. The minimum atomic E-state index is 0.513. The highest BCUT2D eigenvalue weighted by Crippen LogP contribution is 2.46. The summed E-state index contributed by atoms with van der Waals surface area (Å²) < 4.78 is 6.43. The maximum atomic E-state index is 6.43. The molecule has 1 unspecified atom stereocenters. The summed E-state index contributed by atoms with van der Waals surface area (Å²) in [4.78, 5) is 13.0. The number of furan rings is 1. The van der Waals surface area contributed by atoms with Crippen molar-refractivity contribution >= 4 is 76.9 Å². The predicted molar refractivity (Wildman–Crippen MR) is 219 cm³/mol. The van der Waals surface area contributed by atoms with E-state index in [0.29, 0.717) is 6.04 Å². The van der Waals surface area contributed by atoms with E-state index < -0.39 is 0 Å².